The topological polar surface area (TPSA) is 81.7 Å². The van der Waals surface area contributed by atoms with E-state index in [2.05, 4.69) is 5.32 Å². The monoisotopic (exact) mass is 437 g/mol. The summed E-state index contributed by atoms with van der Waals surface area (Å²) in [6, 6.07) is 13.1. The highest BCUT2D eigenvalue weighted by atomic mass is 35.5. The van der Waals surface area contributed by atoms with E-state index >= 15 is 0 Å². The van der Waals surface area contributed by atoms with Crippen LogP contribution in [0.15, 0.2) is 48.5 Å². The molecule has 1 unspecified atom stereocenters. The predicted molar refractivity (Wildman–Crippen MR) is 112 cm³/mol. The van der Waals surface area contributed by atoms with Crippen molar-refractivity contribution in [3.05, 3.63) is 59.1 Å². The number of amides is 1. The van der Waals surface area contributed by atoms with Gasteiger partial charge in [-0.3, -0.25) is 14.4 Å². The zero-order valence-electron chi connectivity index (χ0n) is 15.8. The Balaban J connectivity index is 1.86. The fourth-order valence-electron chi connectivity index (χ4n) is 2.47. The van der Waals surface area contributed by atoms with Crippen LogP contribution < -0.4 is 10.1 Å². The third-order valence-corrected chi connectivity index (χ3v) is 4.47. The summed E-state index contributed by atoms with van der Waals surface area (Å²) < 4.78 is 10.3. The van der Waals surface area contributed by atoms with Crippen molar-refractivity contribution in [2.45, 2.75) is 25.4 Å². The number of esters is 1. The van der Waals surface area contributed by atoms with E-state index in [1.807, 2.05) is 0 Å². The second-order valence-electron chi connectivity index (χ2n) is 6.10. The predicted octanol–water partition coefficient (Wildman–Crippen LogP) is 4.49. The van der Waals surface area contributed by atoms with Crippen LogP contribution in [0.5, 0.6) is 5.75 Å². The molecule has 0 fully saturated rings. The van der Waals surface area contributed by atoms with Gasteiger partial charge in [-0.1, -0.05) is 11.6 Å². The Morgan fingerprint density at radius 3 is 2.24 bits per heavy atom. The number of carbonyl (C=O) groups excluding carboxylic acids is 3. The summed E-state index contributed by atoms with van der Waals surface area (Å²) in [4.78, 5) is 36.7. The molecular formula is C21H21Cl2NO5. The molecule has 154 valence electrons. The summed E-state index contributed by atoms with van der Waals surface area (Å²) in [6.07, 6.45) is -1.07. The minimum absolute atomic E-state index is 0.0758. The van der Waals surface area contributed by atoms with E-state index in [9.17, 15) is 14.4 Å². The number of rotatable bonds is 10. The first-order chi connectivity index (χ1) is 13.9. The Bertz CT molecular complexity index is 837. The molecule has 0 aliphatic carbocycles. The second-order valence-corrected chi connectivity index (χ2v) is 6.92. The number of nitrogens with one attached hydrogen (secondary N) is 1. The number of carbonyl (C=O) groups is 3. The molecule has 29 heavy (non-hydrogen) atoms. The first kappa shape index (κ1) is 22.7. The smallest absolute Gasteiger partial charge is 0.307 e. The fraction of sp³-hybridized carbons (Fsp3) is 0.286. The maximum Gasteiger partial charge on any atom is 0.307 e. The van der Waals surface area contributed by atoms with Crippen LogP contribution in [0, 0.1) is 0 Å². The number of alkyl halides is 1. The Labute approximate surface area is 179 Å². The molecule has 0 heterocycles. The summed E-state index contributed by atoms with van der Waals surface area (Å²) >= 11 is 11.6. The van der Waals surface area contributed by atoms with Crippen molar-refractivity contribution in [1.29, 1.82) is 0 Å². The van der Waals surface area contributed by atoms with E-state index in [4.69, 9.17) is 32.7 Å². The molecule has 6 nitrogen and oxygen atoms in total. The van der Waals surface area contributed by atoms with Crippen molar-refractivity contribution in [2.24, 2.45) is 0 Å². The molecule has 2 aromatic rings. The van der Waals surface area contributed by atoms with Crippen LogP contribution in [-0.2, 0) is 14.3 Å². The molecule has 1 N–H and O–H groups in total. The van der Waals surface area contributed by atoms with Crippen molar-refractivity contribution >= 4 is 46.5 Å². The maximum absolute atomic E-state index is 12.5. The zero-order chi connectivity index (χ0) is 21.2. The highest BCUT2D eigenvalue weighted by Gasteiger charge is 2.24. The Hall–Kier alpha value is -2.57. The fourth-order valence-corrected chi connectivity index (χ4v) is 2.80. The van der Waals surface area contributed by atoms with Crippen molar-refractivity contribution in [1.82, 2.24) is 0 Å². The number of ether oxygens (including phenoxy) is 2. The van der Waals surface area contributed by atoms with Gasteiger partial charge in [0.05, 0.1) is 13.5 Å². The summed E-state index contributed by atoms with van der Waals surface area (Å²) in [6.45, 7) is 0. The van der Waals surface area contributed by atoms with Crippen LogP contribution in [0.3, 0.4) is 0 Å². The molecule has 0 aliphatic rings. The molecule has 0 aliphatic heterocycles. The molecule has 0 radical (unpaired) electrons. The number of hydrogen-bond donors (Lipinski definition) is 1. The number of benzene rings is 2. The van der Waals surface area contributed by atoms with Gasteiger partial charge in [-0.2, -0.15) is 0 Å². The number of hydrogen-bond acceptors (Lipinski definition) is 5. The van der Waals surface area contributed by atoms with Crippen LogP contribution in [0.25, 0.3) is 0 Å². The molecule has 0 saturated carbocycles. The van der Waals surface area contributed by atoms with Crippen LogP contribution >= 0.6 is 23.2 Å². The SMILES string of the molecule is COc1ccc(NC(=O)CCC(=O)OC(CCCl)C(=O)c2ccc(Cl)cc2)cc1. The summed E-state index contributed by atoms with van der Waals surface area (Å²) in [7, 11) is 1.55. The normalized spacial score (nSPS) is 11.4. The van der Waals surface area contributed by atoms with Crippen LogP contribution in [0.2, 0.25) is 5.02 Å². The number of halogens is 2. The van der Waals surface area contributed by atoms with Crippen LogP contribution in [-0.4, -0.2) is 36.8 Å². The van der Waals surface area contributed by atoms with Gasteiger partial charge in [-0.05, 0) is 48.5 Å². The first-order valence-corrected chi connectivity index (χ1v) is 9.83. The third-order valence-electron chi connectivity index (χ3n) is 4.00. The zero-order valence-corrected chi connectivity index (χ0v) is 17.3. The standard InChI is InChI=1S/C21H21Cl2NO5/c1-28-17-8-6-16(7-9-17)24-19(25)10-11-20(26)29-18(12-13-22)21(27)14-2-4-15(23)5-3-14/h2-9,18H,10-13H2,1H3,(H,24,25). The summed E-state index contributed by atoms with van der Waals surface area (Å²) in [5, 5.41) is 3.17. The largest absolute Gasteiger partial charge is 0.497 e. The van der Waals surface area contributed by atoms with E-state index in [1.165, 1.54) is 0 Å². The van der Waals surface area contributed by atoms with Crippen molar-refractivity contribution < 1.29 is 23.9 Å². The van der Waals surface area contributed by atoms with Gasteiger partial charge in [0.25, 0.3) is 0 Å². The lowest BCUT2D eigenvalue weighted by atomic mass is 10.0. The first-order valence-electron chi connectivity index (χ1n) is 8.92. The van der Waals surface area contributed by atoms with Gasteiger partial charge < -0.3 is 14.8 Å². The minimum atomic E-state index is -1.01. The van der Waals surface area contributed by atoms with Gasteiger partial charge in [-0.15, -0.1) is 11.6 Å². The Kier molecular flexibility index (Phi) is 8.96. The molecule has 2 rings (SSSR count). The molecule has 0 aromatic heterocycles. The van der Waals surface area contributed by atoms with Crippen LogP contribution in [0.1, 0.15) is 29.6 Å². The van der Waals surface area contributed by atoms with Crippen molar-refractivity contribution in [2.75, 3.05) is 18.3 Å². The van der Waals surface area contributed by atoms with E-state index in [-0.39, 0.29) is 36.8 Å². The van der Waals surface area contributed by atoms with E-state index in [0.717, 1.165) is 0 Å². The molecule has 0 saturated heterocycles. The molecule has 0 bridgehead atoms. The van der Waals surface area contributed by atoms with E-state index in [0.29, 0.717) is 22.0 Å². The molecule has 2 aromatic carbocycles. The van der Waals surface area contributed by atoms with Gasteiger partial charge in [0.1, 0.15) is 5.75 Å². The average Bonchev–Trinajstić information content (AvgIpc) is 2.72. The molecular weight excluding hydrogens is 417 g/mol. The lowest BCUT2D eigenvalue weighted by molar-refractivity contribution is -0.148. The molecule has 0 spiro atoms. The molecule has 8 heteroatoms. The minimum Gasteiger partial charge on any atom is -0.497 e. The number of anilines is 1. The van der Waals surface area contributed by atoms with Gasteiger partial charge in [0, 0.05) is 35.0 Å². The maximum atomic E-state index is 12.5. The van der Waals surface area contributed by atoms with Crippen molar-refractivity contribution in [3.63, 3.8) is 0 Å². The lowest BCUT2D eigenvalue weighted by Crippen LogP contribution is -2.28. The van der Waals surface area contributed by atoms with E-state index in [1.54, 1.807) is 55.6 Å². The highest BCUT2D eigenvalue weighted by Crippen LogP contribution is 2.17. The second kappa shape index (κ2) is 11.4. The quantitative estimate of drug-likeness (QED) is 0.336. The molecule has 1 amide bonds. The lowest BCUT2D eigenvalue weighted by Gasteiger charge is -2.16. The van der Waals surface area contributed by atoms with Gasteiger partial charge in [-0.25, -0.2) is 0 Å². The third kappa shape index (κ3) is 7.40. The summed E-state index contributed by atoms with van der Waals surface area (Å²) in [5.41, 5.74) is 0.955. The van der Waals surface area contributed by atoms with Gasteiger partial charge in [0.15, 0.2) is 6.10 Å². The van der Waals surface area contributed by atoms with Crippen molar-refractivity contribution in [3.8, 4) is 5.75 Å². The van der Waals surface area contributed by atoms with Crippen LogP contribution in [0.4, 0.5) is 5.69 Å². The molecule has 1 atom stereocenters. The van der Waals surface area contributed by atoms with Gasteiger partial charge in [0.2, 0.25) is 11.7 Å². The summed E-state index contributed by atoms with van der Waals surface area (Å²) in [5.74, 6) is -0.534. The number of ketones is 1. The van der Waals surface area contributed by atoms with E-state index < -0.39 is 12.1 Å². The number of methoxy groups -OCH3 is 1. The average molecular weight is 438 g/mol. The highest BCUT2D eigenvalue weighted by molar-refractivity contribution is 6.30. The Morgan fingerprint density at radius 2 is 1.66 bits per heavy atom. The number of Topliss-reactive ketones (excluding diaryl/α,β-unsaturated/α-hetero) is 1. The van der Waals surface area contributed by atoms with Gasteiger partial charge >= 0.3 is 5.97 Å². The Morgan fingerprint density at radius 1 is 1.00 bits per heavy atom.